The van der Waals surface area contributed by atoms with E-state index >= 15 is 0 Å². The van der Waals surface area contributed by atoms with Crippen molar-refractivity contribution in [2.75, 3.05) is 0 Å². The average molecular weight is 311 g/mol. The summed E-state index contributed by atoms with van der Waals surface area (Å²) in [6.45, 7) is 2.28. The summed E-state index contributed by atoms with van der Waals surface area (Å²) in [6, 6.07) is 6.97. The first-order chi connectivity index (χ1) is 10.1. The number of carboxylic acids is 1. The topological polar surface area (TPSA) is 90.1 Å². The Morgan fingerprint density at radius 2 is 2.14 bits per heavy atom. The van der Waals surface area contributed by atoms with Crippen molar-refractivity contribution in [3.05, 3.63) is 35.1 Å². The van der Waals surface area contributed by atoms with E-state index in [1.54, 1.807) is 35.9 Å². The third kappa shape index (κ3) is 4.42. The van der Waals surface area contributed by atoms with Crippen molar-refractivity contribution in [2.24, 2.45) is 5.92 Å². The fourth-order valence-electron chi connectivity index (χ4n) is 1.62. The highest BCUT2D eigenvalue weighted by Crippen LogP contribution is 2.16. The van der Waals surface area contributed by atoms with Crippen LogP contribution in [0.15, 0.2) is 24.3 Å². The van der Waals surface area contributed by atoms with Crippen molar-refractivity contribution < 1.29 is 14.6 Å². The van der Waals surface area contributed by atoms with Gasteiger partial charge in [-0.1, -0.05) is 18.5 Å². The van der Waals surface area contributed by atoms with E-state index in [1.807, 2.05) is 0 Å². The smallest absolute Gasteiger partial charge is 0.306 e. The number of hydrogen-bond donors (Lipinski definition) is 1. The molecule has 7 nitrogen and oxygen atoms in total. The molecular formula is C13H15ClN4O3. The Hall–Kier alpha value is -2.15. The number of aromatic nitrogens is 4. The lowest BCUT2D eigenvalue weighted by Crippen LogP contribution is -2.15. The molecule has 0 radical (unpaired) electrons. The molecule has 1 unspecified atom stereocenters. The van der Waals surface area contributed by atoms with Crippen LogP contribution in [0.4, 0.5) is 0 Å². The summed E-state index contributed by atoms with van der Waals surface area (Å²) in [7, 11) is 0. The molecule has 0 saturated heterocycles. The van der Waals surface area contributed by atoms with Gasteiger partial charge in [-0.2, -0.15) is 0 Å². The summed E-state index contributed by atoms with van der Waals surface area (Å²) >= 11 is 5.79. The average Bonchev–Trinajstić information content (AvgIpc) is 2.91. The van der Waals surface area contributed by atoms with Gasteiger partial charge in [0.2, 0.25) is 0 Å². The van der Waals surface area contributed by atoms with Crippen molar-refractivity contribution in [1.82, 2.24) is 20.2 Å². The molecule has 1 aromatic carbocycles. The van der Waals surface area contributed by atoms with Crippen LogP contribution in [0.3, 0.4) is 0 Å². The van der Waals surface area contributed by atoms with Gasteiger partial charge in [-0.05, 0) is 41.1 Å². The van der Waals surface area contributed by atoms with E-state index in [4.69, 9.17) is 21.4 Å². The zero-order valence-electron chi connectivity index (χ0n) is 11.4. The Bertz CT molecular complexity index is 600. The summed E-state index contributed by atoms with van der Waals surface area (Å²) in [4.78, 5) is 10.8. The lowest BCUT2D eigenvalue weighted by molar-refractivity contribution is -0.141. The number of tetrazole rings is 1. The number of aliphatic carboxylic acids is 1. The maximum atomic E-state index is 10.8. The molecule has 0 aliphatic rings. The van der Waals surface area contributed by atoms with Gasteiger partial charge in [0.15, 0.2) is 5.82 Å². The molecule has 0 aliphatic heterocycles. The Kier molecular flexibility index (Phi) is 5.10. The number of ether oxygens (including phenoxy) is 1. The molecule has 2 rings (SSSR count). The zero-order valence-corrected chi connectivity index (χ0v) is 12.2. The van der Waals surface area contributed by atoms with Crippen LogP contribution in [0, 0.1) is 5.92 Å². The van der Waals surface area contributed by atoms with Crippen LogP contribution >= 0.6 is 11.6 Å². The molecule has 0 aliphatic carbocycles. The van der Waals surface area contributed by atoms with Crippen LogP contribution in [-0.2, 0) is 17.9 Å². The molecule has 0 saturated carbocycles. The van der Waals surface area contributed by atoms with Crippen LogP contribution in [0.2, 0.25) is 5.02 Å². The van der Waals surface area contributed by atoms with E-state index in [-0.39, 0.29) is 6.61 Å². The molecule has 1 aromatic heterocycles. The summed E-state index contributed by atoms with van der Waals surface area (Å²) < 4.78 is 7.11. The number of benzene rings is 1. The van der Waals surface area contributed by atoms with Crippen molar-refractivity contribution >= 4 is 17.6 Å². The molecular weight excluding hydrogens is 296 g/mol. The number of nitrogens with zero attached hydrogens (tertiary/aromatic N) is 4. The maximum Gasteiger partial charge on any atom is 0.306 e. The van der Waals surface area contributed by atoms with Gasteiger partial charge < -0.3 is 9.84 Å². The van der Waals surface area contributed by atoms with Gasteiger partial charge in [0.05, 0.1) is 5.92 Å². The standard InChI is InChI=1S/C13H15ClN4O3/c1-9(13(19)20)6-7-18-12(15-16-17-18)8-21-11-4-2-10(14)3-5-11/h2-5,9H,6-8H2,1H3,(H,19,20). The first kappa shape index (κ1) is 15.2. The summed E-state index contributed by atoms with van der Waals surface area (Å²) in [6.07, 6.45) is 0.453. The SMILES string of the molecule is CC(CCn1nnnc1COc1ccc(Cl)cc1)C(=O)O. The molecule has 21 heavy (non-hydrogen) atoms. The molecule has 1 atom stereocenters. The Labute approximate surface area is 126 Å². The number of carbonyl (C=O) groups is 1. The molecule has 0 fully saturated rings. The second kappa shape index (κ2) is 7.03. The van der Waals surface area contributed by atoms with Gasteiger partial charge in [-0.25, -0.2) is 4.68 Å². The van der Waals surface area contributed by atoms with Crippen molar-refractivity contribution in [1.29, 1.82) is 0 Å². The zero-order chi connectivity index (χ0) is 15.2. The van der Waals surface area contributed by atoms with E-state index in [0.29, 0.717) is 29.6 Å². The van der Waals surface area contributed by atoms with Gasteiger partial charge in [0, 0.05) is 11.6 Å². The molecule has 112 valence electrons. The quantitative estimate of drug-likeness (QED) is 0.841. The molecule has 0 bridgehead atoms. The maximum absolute atomic E-state index is 10.8. The fourth-order valence-corrected chi connectivity index (χ4v) is 1.74. The van der Waals surface area contributed by atoms with E-state index in [2.05, 4.69) is 15.5 Å². The normalized spacial score (nSPS) is 12.1. The Morgan fingerprint density at radius 1 is 1.43 bits per heavy atom. The van der Waals surface area contributed by atoms with Gasteiger partial charge in [-0.3, -0.25) is 4.79 Å². The van der Waals surface area contributed by atoms with Gasteiger partial charge in [-0.15, -0.1) is 5.10 Å². The molecule has 0 spiro atoms. The molecule has 2 aromatic rings. The number of halogens is 1. The van der Waals surface area contributed by atoms with E-state index in [9.17, 15) is 4.79 Å². The predicted octanol–water partition coefficient (Wildman–Crippen LogP) is 2.02. The Balaban J connectivity index is 1.91. The second-order valence-corrected chi connectivity index (χ2v) is 5.03. The van der Waals surface area contributed by atoms with E-state index in [1.165, 1.54) is 0 Å². The largest absolute Gasteiger partial charge is 0.486 e. The molecule has 0 amide bonds. The number of rotatable bonds is 7. The molecule has 8 heteroatoms. The van der Waals surface area contributed by atoms with E-state index in [0.717, 1.165) is 0 Å². The molecule has 1 heterocycles. The summed E-state index contributed by atoms with van der Waals surface area (Å²) in [5.74, 6) is -0.0725. The van der Waals surface area contributed by atoms with Crippen LogP contribution in [0.5, 0.6) is 5.75 Å². The highest BCUT2D eigenvalue weighted by atomic mass is 35.5. The van der Waals surface area contributed by atoms with Crippen LogP contribution < -0.4 is 4.74 Å². The van der Waals surface area contributed by atoms with Gasteiger partial charge in [0.1, 0.15) is 12.4 Å². The minimum Gasteiger partial charge on any atom is -0.486 e. The monoisotopic (exact) mass is 310 g/mol. The highest BCUT2D eigenvalue weighted by Gasteiger charge is 2.13. The number of hydrogen-bond acceptors (Lipinski definition) is 5. The minimum atomic E-state index is -0.831. The summed E-state index contributed by atoms with van der Waals surface area (Å²) in [5.41, 5.74) is 0. The van der Waals surface area contributed by atoms with Gasteiger partial charge in [0.25, 0.3) is 0 Å². The highest BCUT2D eigenvalue weighted by molar-refractivity contribution is 6.30. The molecule has 1 N–H and O–H groups in total. The lowest BCUT2D eigenvalue weighted by atomic mass is 10.1. The first-order valence-electron chi connectivity index (χ1n) is 6.42. The van der Waals surface area contributed by atoms with Crippen molar-refractivity contribution in [3.8, 4) is 5.75 Å². The third-order valence-corrected chi connectivity index (χ3v) is 3.24. The third-order valence-electron chi connectivity index (χ3n) is 2.98. The minimum absolute atomic E-state index is 0.204. The van der Waals surface area contributed by atoms with Gasteiger partial charge >= 0.3 is 5.97 Å². The predicted molar refractivity (Wildman–Crippen MR) is 75.0 cm³/mol. The second-order valence-electron chi connectivity index (χ2n) is 4.59. The summed E-state index contributed by atoms with van der Waals surface area (Å²) in [5, 5.41) is 20.8. The fraction of sp³-hybridized carbons (Fsp3) is 0.385. The number of aryl methyl sites for hydroxylation is 1. The lowest BCUT2D eigenvalue weighted by Gasteiger charge is -2.08. The van der Waals surface area contributed by atoms with Crippen molar-refractivity contribution in [3.63, 3.8) is 0 Å². The van der Waals surface area contributed by atoms with E-state index < -0.39 is 11.9 Å². The first-order valence-corrected chi connectivity index (χ1v) is 6.80. The Morgan fingerprint density at radius 3 is 2.81 bits per heavy atom. The van der Waals surface area contributed by atoms with Crippen molar-refractivity contribution in [2.45, 2.75) is 26.5 Å². The van der Waals surface area contributed by atoms with Crippen LogP contribution in [-0.4, -0.2) is 31.3 Å². The van der Waals surface area contributed by atoms with Crippen LogP contribution in [0.25, 0.3) is 0 Å². The number of carboxylic acid groups (broad SMARTS) is 1. The van der Waals surface area contributed by atoms with Crippen LogP contribution in [0.1, 0.15) is 19.2 Å².